The largest absolute Gasteiger partial charge is 0.472 e. The third-order valence-corrected chi connectivity index (χ3v) is 11.6. The Kier molecular flexibility index (Phi) is 9.46. The van der Waals surface area contributed by atoms with Crippen LogP contribution in [0.3, 0.4) is 0 Å². The molecule has 4 aliphatic rings. The molecule has 4 bridgehead atoms. The highest BCUT2D eigenvalue weighted by Gasteiger charge is 2.62. The van der Waals surface area contributed by atoms with Gasteiger partial charge in [-0.05, 0) is 68.2 Å². The van der Waals surface area contributed by atoms with Crippen molar-refractivity contribution in [2.75, 3.05) is 13.1 Å². The average Bonchev–Trinajstić information content (AvgIpc) is 3.96. The minimum atomic E-state index is -4.95. The quantitative estimate of drug-likeness (QED) is 0.392. The fourth-order valence-electron chi connectivity index (χ4n) is 6.73. The third-order valence-electron chi connectivity index (χ3n) is 9.73. The normalized spacial score (nSPS) is 28.6. The summed E-state index contributed by atoms with van der Waals surface area (Å²) in [5.74, 6) is -3.56. The maximum absolute atomic E-state index is 14.3. The summed E-state index contributed by atoms with van der Waals surface area (Å²) in [4.78, 5) is 46.2. The predicted molar refractivity (Wildman–Crippen MR) is 170 cm³/mol. The predicted octanol–water partition coefficient (Wildman–Crippen LogP) is 3.28. The Labute approximate surface area is 277 Å². The molecule has 3 N–H and O–H groups in total. The van der Waals surface area contributed by atoms with Gasteiger partial charge in [-0.15, -0.1) is 6.58 Å². The Morgan fingerprint density at radius 1 is 1.12 bits per heavy atom. The Hall–Kier alpha value is -3.72. The van der Waals surface area contributed by atoms with Crippen molar-refractivity contribution in [3.05, 3.63) is 48.7 Å². The molecule has 3 heterocycles. The van der Waals surface area contributed by atoms with Gasteiger partial charge in [0.15, 0.2) is 6.04 Å². The van der Waals surface area contributed by atoms with Crippen LogP contribution in [-0.4, -0.2) is 84.3 Å². The molecule has 260 valence electrons. The molecule has 1 aromatic heterocycles. The van der Waals surface area contributed by atoms with Gasteiger partial charge < -0.3 is 15.0 Å². The molecule has 5 atom stereocenters. The molecule has 48 heavy (non-hydrogen) atoms. The summed E-state index contributed by atoms with van der Waals surface area (Å²) < 4.78 is 76.4. The minimum Gasteiger partial charge on any atom is -0.472 e. The van der Waals surface area contributed by atoms with E-state index in [-0.39, 0.29) is 31.8 Å². The topological polar surface area (TPSA) is 147 Å². The van der Waals surface area contributed by atoms with Crippen LogP contribution in [0.5, 0.6) is 5.88 Å². The van der Waals surface area contributed by atoms with Gasteiger partial charge in [-0.25, -0.2) is 13.4 Å². The van der Waals surface area contributed by atoms with Crippen LogP contribution in [0.15, 0.2) is 43.1 Å². The number of benzene rings is 1. The molecule has 3 amide bonds. The molecule has 1 saturated heterocycles. The third kappa shape index (κ3) is 7.16. The van der Waals surface area contributed by atoms with Crippen LogP contribution in [-0.2, 0) is 30.8 Å². The Balaban J connectivity index is 1.30. The summed E-state index contributed by atoms with van der Waals surface area (Å²) in [6, 6.07) is 3.78. The summed E-state index contributed by atoms with van der Waals surface area (Å²) >= 11 is 0. The van der Waals surface area contributed by atoms with Crippen molar-refractivity contribution in [3.8, 4) is 5.88 Å². The van der Waals surface area contributed by atoms with E-state index in [1.165, 1.54) is 6.08 Å². The van der Waals surface area contributed by atoms with E-state index in [2.05, 4.69) is 26.9 Å². The fraction of sp³-hybridized carbons (Fsp3) is 0.576. The van der Waals surface area contributed by atoms with E-state index in [1.54, 1.807) is 6.20 Å². The summed E-state index contributed by atoms with van der Waals surface area (Å²) in [6.45, 7) is 3.29. The first-order chi connectivity index (χ1) is 22.8. The van der Waals surface area contributed by atoms with Crippen LogP contribution in [0.1, 0.15) is 63.4 Å². The SMILES string of the molecule is C=C[C@@H]1C[C@]1(NC(=O)[C@@H]1C[C@@H]2CN1C(=O)[C@H](C(F)(F)F)NCCCCCCCc1ccc3ccnc(c3c1)O2)C(=O)NS(=O)(=O)C1CC1. The second kappa shape index (κ2) is 13.3. The van der Waals surface area contributed by atoms with Gasteiger partial charge in [0.2, 0.25) is 27.7 Å². The number of aromatic nitrogens is 1. The lowest BCUT2D eigenvalue weighted by Crippen LogP contribution is -2.60. The molecule has 2 saturated carbocycles. The lowest BCUT2D eigenvalue weighted by atomic mass is 10.0. The second-order valence-corrected chi connectivity index (χ2v) is 15.2. The zero-order valence-electron chi connectivity index (χ0n) is 26.4. The summed E-state index contributed by atoms with van der Waals surface area (Å²) in [7, 11) is -3.95. The van der Waals surface area contributed by atoms with Crippen molar-refractivity contribution in [1.29, 1.82) is 0 Å². The zero-order chi connectivity index (χ0) is 34.3. The molecule has 2 aliphatic heterocycles. The maximum Gasteiger partial charge on any atom is 0.412 e. The first kappa shape index (κ1) is 34.2. The number of pyridine rings is 1. The van der Waals surface area contributed by atoms with Crippen LogP contribution in [0.25, 0.3) is 10.8 Å². The number of aryl methyl sites for hydroxylation is 1. The van der Waals surface area contributed by atoms with E-state index >= 15 is 0 Å². The van der Waals surface area contributed by atoms with E-state index < -0.39 is 68.8 Å². The molecule has 1 aromatic carbocycles. The number of hydrogen-bond acceptors (Lipinski definition) is 8. The summed E-state index contributed by atoms with van der Waals surface area (Å²) in [5, 5.41) is 5.82. The van der Waals surface area contributed by atoms with Crippen molar-refractivity contribution in [2.24, 2.45) is 5.92 Å². The number of alkyl halides is 3. The lowest BCUT2D eigenvalue weighted by Gasteiger charge is -2.30. The van der Waals surface area contributed by atoms with E-state index in [1.807, 2.05) is 24.3 Å². The van der Waals surface area contributed by atoms with E-state index in [0.29, 0.717) is 31.1 Å². The number of carbonyl (C=O) groups is 3. The monoisotopic (exact) mass is 691 g/mol. The average molecular weight is 692 g/mol. The maximum atomic E-state index is 14.3. The second-order valence-electron chi connectivity index (χ2n) is 13.3. The van der Waals surface area contributed by atoms with Crippen LogP contribution >= 0.6 is 0 Å². The van der Waals surface area contributed by atoms with E-state index in [9.17, 15) is 36.0 Å². The van der Waals surface area contributed by atoms with Gasteiger partial charge in [0.1, 0.15) is 17.7 Å². The fourth-order valence-corrected chi connectivity index (χ4v) is 8.09. The number of nitrogens with zero attached hydrogens (tertiary/aromatic N) is 2. The lowest BCUT2D eigenvalue weighted by molar-refractivity contribution is -0.177. The van der Waals surface area contributed by atoms with Gasteiger partial charge in [0.25, 0.3) is 5.91 Å². The number of nitrogens with one attached hydrogen (secondary N) is 3. The number of halogens is 3. The first-order valence-electron chi connectivity index (χ1n) is 16.5. The molecule has 6 rings (SSSR count). The number of hydrogen-bond donors (Lipinski definition) is 3. The van der Waals surface area contributed by atoms with Crippen molar-refractivity contribution in [2.45, 2.75) is 99.4 Å². The Morgan fingerprint density at radius 2 is 1.88 bits per heavy atom. The van der Waals surface area contributed by atoms with Crippen LogP contribution in [0, 0.1) is 5.92 Å². The molecule has 2 aliphatic carbocycles. The highest BCUT2D eigenvalue weighted by molar-refractivity contribution is 7.91. The molecule has 11 nitrogen and oxygen atoms in total. The first-order valence-corrected chi connectivity index (χ1v) is 18.0. The standard InChI is InChI=1S/C33H40F3N5O6S/c1-2-22-18-32(22,31(44)40-48(45,46)24-11-12-24)39-28(42)26-17-23-19-41(26)30(43)27(33(34,35)36)37-14-7-5-3-4-6-8-20-9-10-21-13-15-38-29(47-23)25(21)16-20/h2,9-10,13,15-16,22-24,26-27,37H,1,3-8,11-12,14,17-19H2,(H,39,42)(H,40,44)/t22-,23-,26+,27-,32-/m1/s1. The summed E-state index contributed by atoms with van der Waals surface area (Å²) in [6.07, 6.45) is 2.37. The number of amides is 3. The molecule has 0 radical (unpaired) electrons. The van der Waals surface area contributed by atoms with Gasteiger partial charge in [-0.3, -0.25) is 24.4 Å². The number of sulfonamides is 1. The van der Waals surface area contributed by atoms with Gasteiger partial charge >= 0.3 is 6.18 Å². The van der Waals surface area contributed by atoms with Gasteiger partial charge in [-0.2, -0.15) is 13.2 Å². The highest BCUT2D eigenvalue weighted by atomic mass is 32.2. The highest BCUT2D eigenvalue weighted by Crippen LogP contribution is 2.45. The molecule has 3 fully saturated rings. The van der Waals surface area contributed by atoms with E-state index in [0.717, 1.165) is 41.5 Å². The van der Waals surface area contributed by atoms with Gasteiger partial charge in [-0.1, -0.05) is 37.5 Å². The Bertz CT molecular complexity index is 1700. The molecular weight excluding hydrogens is 651 g/mol. The summed E-state index contributed by atoms with van der Waals surface area (Å²) in [5.41, 5.74) is -0.583. The van der Waals surface area contributed by atoms with Gasteiger partial charge in [0.05, 0.1) is 11.8 Å². The smallest absolute Gasteiger partial charge is 0.412 e. The Morgan fingerprint density at radius 3 is 2.58 bits per heavy atom. The molecule has 2 aromatic rings. The number of fused-ring (bicyclic) bond motifs is 3. The number of ether oxygens (including phenoxy) is 1. The van der Waals surface area contributed by atoms with Crippen LogP contribution < -0.4 is 20.1 Å². The number of rotatable bonds is 6. The van der Waals surface area contributed by atoms with Gasteiger partial charge in [0, 0.05) is 23.9 Å². The minimum absolute atomic E-state index is 0.0455. The van der Waals surface area contributed by atoms with Crippen molar-refractivity contribution >= 4 is 38.5 Å². The van der Waals surface area contributed by atoms with E-state index in [4.69, 9.17) is 4.74 Å². The van der Waals surface area contributed by atoms with Crippen molar-refractivity contribution < 1.29 is 40.7 Å². The molecular formula is C33H40F3N5O6S. The number of carbonyl (C=O) groups excluding carboxylic acids is 3. The zero-order valence-corrected chi connectivity index (χ0v) is 27.2. The van der Waals surface area contributed by atoms with Crippen molar-refractivity contribution in [1.82, 2.24) is 25.2 Å². The van der Waals surface area contributed by atoms with Crippen LogP contribution in [0.4, 0.5) is 13.2 Å². The molecule has 15 heteroatoms. The van der Waals surface area contributed by atoms with Crippen LogP contribution in [0.2, 0.25) is 0 Å². The molecule has 0 unspecified atom stereocenters. The molecule has 0 spiro atoms. The van der Waals surface area contributed by atoms with Crippen molar-refractivity contribution in [3.63, 3.8) is 0 Å².